The van der Waals surface area contributed by atoms with Crippen LogP contribution >= 0.6 is 0 Å². The van der Waals surface area contributed by atoms with Crippen molar-refractivity contribution in [2.24, 2.45) is 29.6 Å². The van der Waals surface area contributed by atoms with Crippen LogP contribution in [-0.4, -0.2) is 342 Å². The van der Waals surface area contributed by atoms with Gasteiger partial charge in [0.05, 0.1) is 86.0 Å². The number of esters is 6. The molecule has 0 spiro atoms. The Labute approximate surface area is 670 Å². The number of carbonyl (C=O) groups is 6. The summed E-state index contributed by atoms with van der Waals surface area (Å²) in [5.74, 6) is -11.9. The van der Waals surface area contributed by atoms with Gasteiger partial charge in [-0.05, 0) is 87.5 Å². The van der Waals surface area contributed by atoms with E-state index in [-0.39, 0.29) is 25.7 Å². The van der Waals surface area contributed by atoms with Crippen molar-refractivity contribution in [2.75, 3.05) is 26.4 Å². The minimum atomic E-state index is -2.36. The van der Waals surface area contributed by atoms with Crippen LogP contribution < -0.4 is 0 Å². The van der Waals surface area contributed by atoms with Crippen molar-refractivity contribution >= 4 is 35.8 Å². The lowest BCUT2D eigenvalue weighted by Crippen LogP contribution is -2.69. The lowest BCUT2D eigenvalue weighted by molar-refractivity contribution is -0.410. The van der Waals surface area contributed by atoms with Gasteiger partial charge in [-0.15, -0.1) is 0 Å². The molecule has 7 saturated heterocycles. The fraction of sp³-hybridized carbons (Fsp3) is 0.922. The second-order valence-electron chi connectivity index (χ2n) is 31.8. The van der Waals surface area contributed by atoms with Crippen LogP contribution in [0.1, 0.15) is 186 Å². The lowest BCUT2D eigenvalue weighted by atomic mass is 9.94. The summed E-state index contributed by atoms with van der Waals surface area (Å²) in [5, 5.41) is 158. The van der Waals surface area contributed by atoms with Crippen molar-refractivity contribution in [1.29, 1.82) is 0 Å². The summed E-state index contributed by atoms with van der Waals surface area (Å²) in [4.78, 5) is 86.0. The number of fused-ring (bicyclic) bond motifs is 4. The fourth-order valence-corrected chi connectivity index (χ4v) is 13.9. The summed E-state index contributed by atoms with van der Waals surface area (Å²) in [6, 6.07) is 0. The normalized spacial score (nSPS) is 40.5. The molecule has 7 heterocycles. The van der Waals surface area contributed by atoms with E-state index in [1.807, 2.05) is 6.92 Å². The van der Waals surface area contributed by atoms with Crippen molar-refractivity contribution in [3.63, 3.8) is 0 Å². The van der Waals surface area contributed by atoms with E-state index in [9.17, 15) is 100 Å². The molecule has 7 aliphatic heterocycles. The van der Waals surface area contributed by atoms with E-state index in [2.05, 4.69) is 0 Å². The van der Waals surface area contributed by atoms with Crippen molar-refractivity contribution < 1.29 is 186 Å². The molecule has 115 heavy (non-hydrogen) atoms. The molecule has 38 nitrogen and oxygen atoms in total. The number of aliphatic hydroxyl groups is 14. The average Bonchev–Trinajstić information content (AvgIpc) is 0.763. The number of aliphatic hydroxyl groups excluding tert-OH is 14. The minimum absolute atomic E-state index is 0.121. The van der Waals surface area contributed by atoms with E-state index >= 15 is 0 Å². The molecule has 38 heteroatoms. The second-order valence-corrected chi connectivity index (χ2v) is 31.8. The van der Waals surface area contributed by atoms with Gasteiger partial charge in [0.15, 0.2) is 68.3 Å². The zero-order valence-electron chi connectivity index (χ0n) is 68.0. The van der Waals surface area contributed by atoms with Gasteiger partial charge in [-0.25, -0.2) is 0 Å². The van der Waals surface area contributed by atoms with Gasteiger partial charge in [-0.3, -0.25) is 28.8 Å². The molecule has 666 valence electrons. The van der Waals surface area contributed by atoms with Crippen molar-refractivity contribution in [3.05, 3.63) is 0 Å². The largest absolute Gasteiger partial charge is 0.463 e. The van der Waals surface area contributed by atoms with E-state index in [1.54, 1.807) is 13.8 Å². The molecule has 0 saturated carbocycles. The first kappa shape index (κ1) is 97.9. The third kappa shape index (κ3) is 25.9. The maximum Gasteiger partial charge on any atom is 0.311 e. The van der Waals surface area contributed by atoms with Crippen molar-refractivity contribution in [1.82, 2.24) is 0 Å². The average molecular weight is 1660 g/mol. The molecule has 30 unspecified atom stereocenters. The van der Waals surface area contributed by atoms with Gasteiger partial charge >= 0.3 is 35.8 Å². The smallest absolute Gasteiger partial charge is 0.311 e. The zero-order valence-corrected chi connectivity index (χ0v) is 68.0. The molecule has 14 N–H and O–H groups in total. The van der Waals surface area contributed by atoms with Crippen LogP contribution in [0.4, 0.5) is 0 Å². The van der Waals surface area contributed by atoms with Crippen molar-refractivity contribution in [2.45, 2.75) is 395 Å². The molecule has 2 bridgehead atoms. The van der Waals surface area contributed by atoms with E-state index in [1.165, 1.54) is 69.2 Å². The van der Waals surface area contributed by atoms with Gasteiger partial charge in [-0.2, -0.15) is 0 Å². The fourth-order valence-electron chi connectivity index (χ4n) is 13.9. The first-order chi connectivity index (χ1) is 54.4. The van der Waals surface area contributed by atoms with Crippen LogP contribution in [0.2, 0.25) is 0 Å². The van der Waals surface area contributed by atoms with Gasteiger partial charge in [0.1, 0.15) is 110 Å². The Hall–Kier alpha value is -4.22. The molecule has 7 fully saturated rings. The van der Waals surface area contributed by atoms with Gasteiger partial charge < -0.3 is 157 Å². The van der Waals surface area contributed by atoms with Crippen LogP contribution in [0.15, 0.2) is 0 Å². The lowest BCUT2D eigenvalue weighted by Gasteiger charge is -2.51. The standard InChI is InChI=1S/C77H130O38/c1-14-17-26-43-27-24-22-20-18-19-21-23-25-28-48(82)108-66-64(112-68(94)34(5)16-3)60(110-67(93)33(4)15-2)47(32-100-73-57(91)54(88)51(85)45(105-73)31-99-72-56(90)53(87)50(84)44(29-78)104-72)107-77(66)113-61-52(86)46(30-98-69(95)35(6)38(9)79)106-76(114-62-55(89)49(83)41(12)101-74(62)103-43)65(61)115-75-63(111-71(97)37(8)40(11)81)58(92)59(42(13)102-75)109-70(96)36(7)39(10)80/h33-47,49-66,72-81,83-92H,14-32H2,1-13H3/t33-,34-,35+,36+,37+,38+,39+,40+,41?,42?,43-,44?,45?,46?,47?,49?,50?,51?,52?,53?,54?,55?,56?,57?,58?,59?,60?,61?,62?,63?,64?,65?,66?,72?,73?,74?,75?,76?,77?/m0/s1. The predicted octanol–water partition coefficient (Wildman–Crippen LogP) is -1.10. The van der Waals surface area contributed by atoms with Crippen LogP contribution in [0.25, 0.3) is 0 Å². The predicted molar refractivity (Wildman–Crippen MR) is 389 cm³/mol. The highest BCUT2D eigenvalue weighted by atomic mass is 16.8. The maximum absolute atomic E-state index is 14.9. The molecule has 7 rings (SSSR count). The monoisotopic (exact) mass is 1660 g/mol. The first-order valence-electron chi connectivity index (χ1n) is 40.8. The minimum Gasteiger partial charge on any atom is -0.463 e. The Bertz CT molecular complexity index is 2950. The Morgan fingerprint density at radius 2 is 0.887 bits per heavy atom. The van der Waals surface area contributed by atoms with Crippen molar-refractivity contribution in [3.8, 4) is 0 Å². The zero-order chi connectivity index (χ0) is 85.1. The molecule has 0 aromatic carbocycles. The first-order valence-corrected chi connectivity index (χ1v) is 40.8. The summed E-state index contributed by atoms with van der Waals surface area (Å²) in [5.41, 5.74) is 0. The third-order valence-electron chi connectivity index (χ3n) is 22.8. The van der Waals surface area contributed by atoms with Gasteiger partial charge in [-0.1, -0.05) is 92.4 Å². The van der Waals surface area contributed by atoms with Gasteiger partial charge in [0.25, 0.3) is 0 Å². The Morgan fingerprint density at radius 1 is 0.409 bits per heavy atom. The second kappa shape index (κ2) is 46.1. The Morgan fingerprint density at radius 3 is 1.44 bits per heavy atom. The van der Waals surface area contributed by atoms with Gasteiger partial charge in [0, 0.05) is 6.42 Å². The summed E-state index contributed by atoms with van der Waals surface area (Å²) in [6.07, 6.45) is -56.0. The topological polar surface area (TPSA) is 552 Å². The van der Waals surface area contributed by atoms with E-state index in [4.69, 9.17) is 85.3 Å². The maximum atomic E-state index is 14.9. The quantitative estimate of drug-likeness (QED) is 0.0327. The van der Waals surface area contributed by atoms with E-state index in [0.717, 1.165) is 32.1 Å². The SMILES string of the molecule is CCCC[C@H]1CCCCCCCCCCC(=O)OC2C(OC(COC3OC(COC4OC(CO)C(O)C(O)C4O)C(O)C(O)C3O)C(OC(=O)[C@@H](C)CC)C2OC(=O)[C@@H](C)CC)OC2C(O)C(COC(=O)[C@H](C)[C@@H](C)O)OC(OC3C(OC(C)C(O)C3O)O1)C2OC1OC(C)C(OC(=O)[C@H](C)[C@@H](C)O)C(O)C1OC(=O)[C@H](C)[C@@H](C)O. The highest BCUT2D eigenvalue weighted by Crippen LogP contribution is 2.41. The summed E-state index contributed by atoms with van der Waals surface area (Å²) >= 11 is 0. The highest BCUT2D eigenvalue weighted by molar-refractivity contribution is 5.75. The van der Waals surface area contributed by atoms with E-state index in [0.29, 0.717) is 38.5 Å². The highest BCUT2D eigenvalue weighted by Gasteiger charge is 2.61. The molecule has 0 amide bonds. The summed E-state index contributed by atoms with van der Waals surface area (Å²) in [7, 11) is 0. The molecule has 0 aromatic rings. The van der Waals surface area contributed by atoms with Crippen LogP contribution in [-0.2, 0) is 114 Å². The summed E-state index contributed by atoms with van der Waals surface area (Å²) < 4.78 is 114. The number of unbranched alkanes of at least 4 members (excludes halogenated alkanes) is 1. The summed E-state index contributed by atoms with van der Waals surface area (Å²) in [6.45, 7) is 15.2. The molecular weight excluding hydrogens is 1530 g/mol. The van der Waals surface area contributed by atoms with Gasteiger partial charge in [0.2, 0.25) is 0 Å². The van der Waals surface area contributed by atoms with Crippen LogP contribution in [0.3, 0.4) is 0 Å². The number of rotatable bonds is 28. The number of ether oxygens (including phenoxy) is 18. The van der Waals surface area contributed by atoms with E-state index < -0.39 is 300 Å². The molecule has 0 radical (unpaired) electrons. The third-order valence-corrected chi connectivity index (χ3v) is 22.8. The molecule has 7 aliphatic rings. The van der Waals surface area contributed by atoms with Crippen LogP contribution in [0.5, 0.6) is 0 Å². The Kier molecular flexibility index (Phi) is 39.3. The molecule has 39 atom stereocenters. The molecule has 0 aliphatic carbocycles. The number of hydrogen-bond donors (Lipinski definition) is 14. The number of carbonyl (C=O) groups excluding carboxylic acids is 6. The Balaban J connectivity index is 1.47. The molecular formula is C77H130O38. The van der Waals surface area contributed by atoms with Crippen LogP contribution in [0, 0.1) is 29.6 Å². The number of hydrogen-bond acceptors (Lipinski definition) is 38. The molecule has 0 aromatic heterocycles.